The van der Waals surface area contributed by atoms with Crippen molar-refractivity contribution in [3.63, 3.8) is 0 Å². The molecule has 3 aromatic rings. The Morgan fingerprint density at radius 2 is 1.97 bits per heavy atom. The molecule has 5 rings (SSSR count). The molecule has 38 heavy (non-hydrogen) atoms. The second kappa shape index (κ2) is 10.4. The fourth-order valence-electron chi connectivity index (χ4n) is 4.87. The maximum absolute atomic E-state index is 12.9. The van der Waals surface area contributed by atoms with Crippen LogP contribution in [0.25, 0.3) is 0 Å². The van der Waals surface area contributed by atoms with Crippen LogP contribution in [0.5, 0.6) is 5.75 Å². The number of carbonyl (C=O) groups excluding carboxylic acids is 1. The highest BCUT2D eigenvalue weighted by Gasteiger charge is 2.36. The Labute approximate surface area is 226 Å². The lowest BCUT2D eigenvalue weighted by Gasteiger charge is -2.39. The van der Waals surface area contributed by atoms with E-state index in [9.17, 15) is 13.2 Å². The van der Waals surface area contributed by atoms with E-state index in [2.05, 4.69) is 20.6 Å². The molecular weight excluding hydrogens is 528 g/mol. The molecule has 1 fully saturated rings. The summed E-state index contributed by atoms with van der Waals surface area (Å²) in [7, 11) is -1.95. The molecule has 12 heteroatoms. The number of quaternary nitrogens is 1. The molecule has 200 valence electrons. The molecule has 0 bridgehead atoms. The van der Waals surface area contributed by atoms with Gasteiger partial charge in [0.1, 0.15) is 23.4 Å². The van der Waals surface area contributed by atoms with E-state index in [-0.39, 0.29) is 33.6 Å². The highest BCUT2D eigenvalue weighted by atomic mass is 35.5. The van der Waals surface area contributed by atoms with Crippen molar-refractivity contribution in [2.24, 2.45) is 0 Å². The summed E-state index contributed by atoms with van der Waals surface area (Å²) >= 11 is 6.38. The lowest BCUT2D eigenvalue weighted by molar-refractivity contribution is -0.656. The van der Waals surface area contributed by atoms with Gasteiger partial charge in [-0.2, -0.15) is 4.98 Å². The zero-order valence-electron chi connectivity index (χ0n) is 21.4. The number of hydrogen-bond acceptors (Lipinski definition) is 8. The minimum atomic E-state index is -3.54. The number of nitrogens with zero attached hydrogens (tertiary/aromatic N) is 3. The third-order valence-electron chi connectivity index (χ3n) is 6.91. The van der Waals surface area contributed by atoms with Crippen molar-refractivity contribution >= 4 is 50.5 Å². The van der Waals surface area contributed by atoms with E-state index < -0.39 is 15.1 Å². The first-order valence-corrected chi connectivity index (χ1v) is 14.3. The van der Waals surface area contributed by atoms with Crippen molar-refractivity contribution in [3.05, 3.63) is 58.7 Å². The molecule has 10 nitrogen and oxygen atoms in total. The van der Waals surface area contributed by atoms with Crippen LogP contribution in [0.2, 0.25) is 5.02 Å². The molecule has 0 spiro atoms. The molecule has 3 heterocycles. The molecule has 1 unspecified atom stereocenters. The number of halogens is 1. The largest absolute Gasteiger partial charge is 0.495 e. The lowest BCUT2D eigenvalue weighted by atomic mass is 9.90. The first-order valence-electron chi connectivity index (χ1n) is 12.4. The van der Waals surface area contributed by atoms with Crippen LogP contribution in [0.15, 0.2) is 47.5 Å². The molecule has 0 saturated carbocycles. The van der Waals surface area contributed by atoms with Crippen molar-refractivity contribution in [1.29, 1.82) is 0 Å². The number of para-hydroxylation sites is 1. The standard InChI is InChI=1S/C26H29ClN6O4S/c1-15(2)38(35,36)23-7-5-4-6-19(23)30-25-18(27)12-29-26(32-25)31-20-10-16-8-9-33-21(13-28-14-24(33)34)17(16)11-22(20)37-3/h4-7,10-12,15,21,28H,8-9,13-14H2,1-3H3,(H2,29,30,31,32)/p+1. The topological polar surface area (TPSA) is 130 Å². The van der Waals surface area contributed by atoms with Crippen molar-refractivity contribution in [3.8, 4) is 5.75 Å². The summed E-state index contributed by atoms with van der Waals surface area (Å²) in [6.07, 6.45) is 2.19. The fraction of sp³-hybridized carbons (Fsp3) is 0.346. The van der Waals surface area contributed by atoms with Gasteiger partial charge in [0.05, 0.1) is 34.8 Å². The van der Waals surface area contributed by atoms with E-state index in [1.54, 1.807) is 45.2 Å². The number of sulfone groups is 1. The Kier molecular flexibility index (Phi) is 7.17. The molecule has 1 aromatic heterocycles. The van der Waals surface area contributed by atoms with Gasteiger partial charge < -0.3 is 25.6 Å². The average molecular weight is 558 g/mol. The molecule has 4 N–H and O–H groups in total. The van der Waals surface area contributed by atoms with Crippen LogP contribution in [0.1, 0.15) is 31.0 Å². The summed E-state index contributed by atoms with van der Waals surface area (Å²) in [5, 5.41) is 7.98. The molecule has 0 aliphatic carbocycles. The number of nitrogens with one attached hydrogen (secondary N) is 2. The minimum absolute atomic E-state index is 0.0210. The van der Waals surface area contributed by atoms with Gasteiger partial charge in [-0.15, -0.1) is 0 Å². The number of aromatic nitrogens is 2. The summed E-state index contributed by atoms with van der Waals surface area (Å²) in [6.45, 7) is 5.26. The van der Waals surface area contributed by atoms with Crippen molar-refractivity contribution in [1.82, 2.24) is 14.9 Å². The molecule has 2 aliphatic heterocycles. The van der Waals surface area contributed by atoms with Crippen LogP contribution >= 0.6 is 11.6 Å². The summed E-state index contributed by atoms with van der Waals surface area (Å²) in [4.78, 5) is 23.3. The van der Waals surface area contributed by atoms with Crippen LogP contribution in [0, 0.1) is 0 Å². The highest BCUT2D eigenvalue weighted by molar-refractivity contribution is 7.92. The second-order valence-electron chi connectivity index (χ2n) is 9.56. The van der Waals surface area contributed by atoms with E-state index in [0.29, 0.717) is 30.2 Å². The van der Waals surface area contributed by atoms with Gasteiger partial charge in [-0.1, -0.05) is 23.7 Å². The van der Waals surface area contributed by atoms with E-state index >= 15 is 0 Å². The van der Waals surface area contributed by atoms with Crippen molar-refractivity contribution in [2.75, 3.05) is 37.4 Å². The number of piperazine rings is 1. The predicted molar refractivity (Wildman–Crippen MR) is 145 cm³/mol. The van der Waals surface area contributed by atoms with Crippen molar-refractivity contribution in [2.45, 2.75) is 36.5 Å². The maximum Gasteiger partial charge on any atom is 0.278 e. The van der Waals surface area contributed by atoms with Gasteiger partial charge >= 0.3 is 0 Å². The van der Waals surface area contributed by atoms with Gasteiger partial charge in [0.2, 0.25) is 5.95 Å². The molecule has 1 amide bonds. The number of rotatable bonds is 7. The first-order chi connectivity index (χ1) is 18.2. The van der Waals surface area contributed by atoms with Crippen molar-refractivity contribution < 1.29 is 23.3 Å². The second-order valence-corrected chi connectivity index (χ2v) is 12.4. The van der Waals surface area contributed by atoms with E-state index in [0.717, 1.165) is 24.1 Å². The molecule has 1 atom stereocenters. The average Bonchev–Trinajstić information content (AvgIpc) is 2.90. The number of methoxy groups -OCH3 is 1. The molecule has 2 aromatic carbocycles. The van der Waals surface area contributed by atoms with E-state index in [1.165, 1.54) is 6.20 Å². The van der Waals surface area contributed by atoms with Crippen LogP contribution in [0.4, 0.5) is 23.1 Å². The summed E-state index contributed by atoms with van der Waals surface area (Å²) < 4.78 is 31.4. The normalized spacial score (nSPS) is 17.1. The SMILES string of the molecule is COc1cc2c(cc1Nc1ncc(Cl)c(Nc3ccccc3S(=O)(=O)C(C)C)n1)CCN1C(=O)C[NH2+]CC21. The number of carbonyl (C=O) groups is 1. The highest BCUT2D eigenvalue weighted by Crippen LogP contribution is 2.38. The Balaban J connectivity index is 1.45. The lowest BCUT2D eigenvalue weighted by Crippen LogP contribution is -2.91. The van der Waals surface area contributed by atoms with Gasteiger partial charge in [0, 0.05) is 6.54 Å². The number of ether oxygens (including phenoxy) is 1. The Morgan fingerprint density at radius 3 is 2.74 bits per heavy atom. The summed E-state index contributed by atoms with van der Waals surface area (Å²) in [5.74, 6) is 1.29. The van der Waals surface area contributed by atoms with Gasteiger partial charge in [-0.25, -0.2) is 13.4 Å². The van der Waals surface area contributed by atoms with Gasteiger partial charge in [-0.3, -0.25) is 4.79 Å². The number of benzene rings is 2. The smallest absolute Gasteiger partial charge is 0.278 e. The van der Waals surface area contributed by atoms with Crippen LogP contribution in [-0.2, 0) is 21.1 Å². The van der Waals surface area contributed by atoms with Crippen LogP contribution in [-0.4, -0.2) is 61.2 Å². The molecule has 2 aliphatic rings. The first kappa shape index (κ1) is 26.2. The van der Waals surface area contributed by atoms with Crippen LogP contribution < -0.4 is 20.7 Å². The van der Waals surface area contributed by atoms with E-state index in [1.807, 2.05) is 22.3 Å². The molecule has 1 saturated heterocycles. The Morgan fingerprint density at radius 1 is 1.18 bits per heavy atom. The third kappa shape index (κ3) is 4.89. The quantitative estimate of drug-likeness (QED) is 0.404. The van der Waals surface area contributed by atoms with E-state index in [4.69, 9.17) is 16.3 Å². The predicted octanol–water partition coefficient (Wildman–Crippen LogP) is 2.81. The monoisotopic (exact) mass is 557 g/mol. The van der Waals surface area contributed by atoms with Crippen LogP contribution in [0.3, 0.4) is 0 Å². The van der Waals surface area contributed by atoms with Gasteiger partial charge in [0.25, 0.3) is 5.91 Å². The Hall–Kier alpha value is -3.41. The number of anilines is 4. The van der Waals surface area contributed by atoms with Gasteiger partial charge in [-0.05, 0) is 55.7 Å². The number of amides is 1. The maximum atomic E-state index is 12.9. The minimum Gasteiger partial charge on any atom is -0.495 e. The molecule has 0 radical (unpaired) electrons. The zero-order chi connectivity index (χ0) is 27.0. The third-order valence-corrected chi connectivity index (χ3v) is 9.39. The molecular formula is C26H30ClN6O4S+. The zero-order valence-corrected chi connectivity index (χ0v) is 22.9. The van der Waals surface area contributed by atoms with Gasteiger partial charge in [0.15, 0.2) is 22.2 Å². The summed E-state index contributed by atoms with van der Waals surface area (Å²) in [6, 6.07) is 10.7. The fourth-order valence-corrected chi connectivity index (χ4v) is 6.21. The number of fused-ring (bicyclic) bond motifs is 3. The number of hydrogen-bond donors (Lipinski definition) is 3. The number of nitrogens with two attached hydrogens (primary N) is 1. The summed E-state index contributed by atoms with van der Waals surface area (Å²) in [5.41, 5.74) is 3.28. The Bertz CT molecular complexity index is 1500.